The molecule has 0 saturated carbocycles. The lowest BCUT2D eigenvalue weighted by molar-refractivity contribution is -0.122. The molecule has 3 aromatic rings. The molecule has 5 nitrogen and oxygen atoms in total. The second-order valence-corrected chi connectivity index (χ2v) is 8.07. The number of imidazole rings is 1. The first-order valence-corrected chi connectivity index (χ1v) is 10.9. The molecule has 0 spiro atoms. The maximum atomic E-state index is 12.3. The molecule has 0 unspecified atom stereocenters. The third-order valence-electron chi connectivity index (χ3n) is 5.86. The van der Waals surface area contributed by atoms with Crippen molar-refractivity contribution in [2.45, 2.75) is 25.8 Å². The molecule has 1 aromatic heterocycles. The lowest BCUT2D eigenvalue weighted by Crippen LogP contribution is -2.42. The number of benzene rings is 2. The van der Waals surface area contributed by atoms with Crippen molar-refractivity contribution in [2.24, 2.45) is 5.92 Å². The quantitative estimate of drug-likeness (QED) is 0.626. The highest BCUT2D eigenvalue weighted by atomic mass is 16.2. The van der Waals surface area contributed by atoms with E-state index in [-0.39, 0.29) is 5.91 Å². The summed E-state index contributed by atoms with van der Waals surface area (Å²) in [6.07, 6.45) is 7.07. The highest BCUT2D eigenvalue weighted by molar-refractivity contribution is 5.78. The summed E-state index contributed by atoms with van der Waals surface area (Å²) in [6, 6.07) is 20.6. The summed E-state index contributed by atoms with van der Waals surface area (Å²) in [4.78, 5) is 19.1. The molecule has 2 aromatic carbocycles. The molecule has 2 heterocycles. The molecule has 0 bridgehead atoms. The van der Waals surface area contributed by atoms with Crippen LogP contribution in [0.1, 0.15) is 18.4 Å². The molecule has 30 heavy (non-hydrogen) atoms. The van der Waals surface area contributed by atoms with Crippen LogP contribution in [0.25, 0.3) is 11.4 Å². The van der Waals surface area contributed by atoms with E-state index < -0.39 is 0 Å². The van der Waals surface area contributed by atoms with Crippen molar-refractivity contribution in [3.8, 4) is 11.4 Å². The summed E-state index contributed by atoms with van der Waals surface area (Å²) in [6.45, 7) is 4.14. The number of carbonyl (C=O) groups excluding carboxylic acids is 1. The Morgan fingerprint density at radius 1 is 1.00 bits per heavy atom. The lowest BCUT2D eigenvalue weighted by Gasteiger charge is -2.31. The van der Waals surface area contributed by atoms with Crippen molar-refractivity contribution >= 4 is 5.91 Å². The van der Waals surface area contributed by atoms with E-state index in [2.05, 4.69) is 62.4 Å². The number of rotatable bonds is 8. The van der Waals surface area contributed by atoms with Gasteiger partial charge in [0.05, 0.1) is 6.54 Å². The van der Waals surface area contributed by atoms with Crippen LogP contribution in [-0.4, -0.2) is 46.5 Å². The van der Waals surface area contributed by atoms with Crippen molar-refractivity contribution in [3.63, 3.8) is 0 Å². The number of carbonyl (C=O) groups is 1. The Balaban J connectivity index is 1.19. The summed E-state index contributed by atoms with van der Waals surface area (Å²) in [5.41, 5.74) is 2.42. The van der Waals surface area contributed by atoms with Crippen molar-refractivity contribution in [1.29, 1.82) is 0 Å². The van der Waals surface area contributed by atoms with E-state index in [0.29, 0.717) is 19.0 Å². The second-order valence-electron chi connectivity index (χ2n) is 8.07. The fourth-order valence-corrected chi connectivity index (χ4v) is 4.16. The Labute approximate surface area is 178 Å². The summed E-state index contributed by atoms with van der Waals surface area (Å²) in [5, 5.41) is 3.06. The lowest BCUT2D eigenvalue weighted by atomic mass is 9.96. The van der Waals surface area contributed by atoms with Crippen LogP contribution in [0.2, 0.25) is 0 Å². The molecule has 1 N–H and O–H groups in total. The van der Waals surface area contributed by atoms with Crippen molar-refractivity contribution in [3.05, 3.63) is 78.6 Å². The van der Waals surface area contributed by atoms with Gasteiger partial charge in [0.2, 0.25) is 5.91 Å². The van der Waals surface area contributed by atoms with E-state index in [0.717, 1.165) is 50.3 Å². The summed E-state index contributed by atoms with van der Waals surface area (Å²) in [5.74, 6) is 1.79. The molecule has 1 fully saturated rings. The van der Waals surface area contributed by atoms with Gasteiger partial charge < -0.3 is 9.88 Å². The van der Waals surface area contributed by atoms with Crippen molar-refractivity contribution in [2.75, 3.05) is 26.2 Å². The Morgan fingerprint density at radius 2 is 1.70 bits per heavy atom. The molecule has 1 amide bonds. The van der Waals surface area contributed by atoms with E-state index in [9.17, 15) is 4.79 Å². The Kier molecular flexibility index (Phi) is 6.93. The molecule has 0 radical (unpaired) electrons. The van der Waals surface area contributed by atoms with Crippen LogP contribution in [0.5, 0.6) is 0 Å². The number of aromatic nitrogens is 2. The normalized spacial score (nSPS) is 15.2. The number of amides is 1. The molecule has 1 aliphatic heterocycles. The van der Waals surface area contributed by atoms with Gasteiger partial charge in [-0.25, -0.2) is 4.98 Å². The zero-order valence-corrected chi connectivity index (χ0v) is 17.4. The van der Waals surface area contributed by atoms with Gasteiger partial charge in [0.15, 0.2) is 0 Å². The van der Waals surface area contributed by atoms with Gasteiger partial charge in [-0.05, 0) is 43.8 Å². The van der Waals surface area contributed by atoms with E-state index in [1.54, 1.807) is 0 Å². The van der Waals surface area contributed by atoms with E-state index in [1.165, 1.54) is 5.56 Å². The molecule has 156 valence electrons. The standard InChI is InChI=1S/C25H30N4O/c30-24(26-14-11-21-7-3-1-4-8-21)20-28-16-12-22(13-17-28)19-29-18-15-27-25(29)23-9-5-2-6-10-23/h1-10,15,18,22H,11-14,16-17,19-20H2,(H,26,30). The van der Waals surface area contributed by atoms with Gasteiger partial charge in [0, 0.05) is 31.0 Å². The van der Waals surface area contributed by atoms with Crippen LogP contribution in [0.3, 0.4) is 0 Å². The Bertz CT molecular complexity index is 915. The van der Waals surface area contributed by atoms with Gasteiger partial charge in [-0.3, -0.25) is 9.69 Å². The number of hydrogen-bond acceptors (Lipinski definition) is 3. The zero-order chi connectivity index (χ0) is 20.6. The maximum absolute atomic E-state index is 12.3. The average molecular weight is 403 g/mol. The van der Waals surface area contributed by atoms with E-state index in [1.807, 2.05) is 30.5 Å². The highest BCUT2D eigenvalue weighted by Gasteiger charge is 2.22. The first-order chi connectivity index (χ1) is 14.8. The van der Waals surface area contributed by atoms with Crippen molar-refractivity contribution in [1.82, 2.24) is 19.8 Å². The number of piperidine rings is 1. The average Bonchev–Trinajstić information content (AvgIpc) is 3.25. The van der Waals surface area contributed by atoms with Gasteiger partial charge in [-0.1, -0.05) is 60.7 Å². The van der Waals surface area contributed by atoms with Gasteiger partial charge >= 0.3 is 0 Å². The fraction of sp³-hybridized carbons (Fsp3) is 0.360. The summed E-state index contributed by atoms with van der Waals surface area (Å²) in [7, 11) is 0. The first-order valence-electron chi connectivity index (χ1n) is 10.9. The third-order valence-corrected chi connectivity index (χ3v) is 5.86. The van der Waals surface area contributed by atoms with Gasteiger partial charge in [-0.15, -0.1) is 0 Å². The Hall–Kier alpha value is -2.92. The largest absolute Gasteiger partial charge is 0.355 e. The molecule has 0 aliphatic carbocycles. The van der Waals surface area contributed by atoms with Gasteiger partial charge in [0.25, 0.3) is 0 Å². The molecule has 0 atom stereocenters. The van der Waals surface area contributed by atoms with Crippen LogP contribution in [0.4, 0.5) is 0 Å². The van der Waals surface area contributed by atoms with Crippen LogP contribution in [0.15, 0.2) is 73.1 Å². The van der Waals surface area contributed by atoms with Crippen LogP contribution >= 0.6 is 0 Å². The van der Waals surface area contributed by atoms with Gasteiger partial charge in [0.1, 0.15) is 5.82 Å². The predicted octanol–water partition coefficient (Wildman–Crippen LogP) is 3.62. The molecule has 1 saturated heterocycles. The van der Waals surface area contributed by atoms with Crippen LogP contribution < -0.4 is 5.32 Å². The molecular formula is C25H30N4O. The van der Waals surface area contributed by atoms with E-state index in [4.69, 9.17) is 0 Å². The number of likely N-dealkylation sites (tertiary alicyclic amines) is 1. The fourth-order valence-electron chi connectivity index (χ4n) is 4.16. The predicted molar refractivity (Wildman–Crippen MR) is 120 cm³/mol. The molecule has 5 heteroatoms. The monoisotopic (exact) mass is 402 g/mol. The van der Waals surface area contributed by atoms with Gasteiger partial charge in [-0.2, -0.15) is 0 Å². The third kappa shape index (κ3) is 5.57. The minimum absolute atomic E-state index is 0.130. The first kappa shape index (κ1) is 20.4. The second kappa shape index (κ2) is 10.2. The van der Waals surface area contributed by atoms with E-state index >= 15 is 0 Å². The summed E-state index contributed by atoms with van der Waals surface area (Å²) < 4.78 is 2.27. The minimum atomic E-state index is 0.130. The topological polar surface area (TPSA) is 50.2 Å². The number of nitrogens with zero attached hydrogens (tertiary/aromatic N) is 3. The molecule has 1 aliphatic rings. The Morgan fingerprint density at radius 3 is 2.43 bits per heavy atom. The maximum Gasteiger partial charge on any atom is 0.234 e. The number of hydrogen-bond donors (Lipinski definition) is 1. The molecular weight excluding hydrogens is 372 g/mol. The molecule has 4 rings (SSSR count). The zero-order valence-electron chi connectivity index (χ0n) is 17.4. The highest BCUT2D eigenvalue weighted by Crippen LogP contribution is 2.23. The minimum Gasteiger partial charge on any atom is -0.355 e. The SMILES string of the molecule is O=C(CN1CCC(Cn2ccnc2-c2ccccc2)CC1)NCCc1ccccc1. The number of nitrogens with one attached hydrogen (secondary N) is 1. The summed E-state index contributed by atoms with van der Waals surface area (Å²) >= 11 is 0. The van der Waals surface area contributed by atoms with Crippen LogP contribution in [-0.2, 0) is 17.8 Å². The van der Waals surface area contributed by atoms with Crippen molar-refractivity contribution < 1.29 is 4.79 Å². The van der Waals surface area contributed by atoms with Crippen LogP contribution in [0, 0.1) is 5.92 Å². The smallest absolute Gasteiger partial charge is 0.234 e.